The van der Waals surface area contributed by atoms with Crippen LogP contribution in [0.15, 0.2) is 0 Å². The lowest BCUT2D eigenvalue weighted by Gasteiger charge is -2.40. The van der Waals surface area contributed by atoms with E-state index < -0.39 is 43.2 Å². The molecule has 1 fully saturated rings. The van der Waals surface area contributed by atoms with E-state index in [9.17, 15) is 24.9 Å². The van der Waals surface area contributed by atoms with Crippen LogP contribution >= 0.6 is 0 Å². The average Bonchev–Trinajstić information content (AvgIpc) is 2.61. The molecule has 0 aromatic carbocycles. The molecule has 1 aliphatic rings. The Kier molecular flexibility index (Phi) is 10.4. The van der Waals surface area contributed by atoms with Crippen molar-refractivity contribution in [2.24, 2.45) is 5.73 Å². The molecule has 1 heterocycles. The summed E-state index contributed by atoms with van der Waals surface area (Å²) >= 11 is 0. The van der Waals surface area contributed by atoms with Gasteiger partial charge in [-0.1, -0.05) is 0 Å². The Morgan fingerprint density at radius 2 is 1.69 bits per heavy atom. The van der Waals surface area contributed by atoms with Crippen LogP contribution < -0.4 is 11.1 Å². The number of rotatable bonds is 11. The maximum Gasteiger partial charge on any atom is 0.404 e. The van der Waals surface area contributed by atoms with Crippen LogP contribution in [0.3, 0.4) is 0 Å². The van der Waals surface area contributed by atoms with Crippen molar-refractivity contribution in [2.45, 2.75) is 69.0 Å². The van der Waals surface area contributed by atoms with Crippen LogP contribution in [0.4, 0.5) is 4.79 Å². The molecular weight excluding hydrogens is 348 g/mol. The van der Waals surface area contributed by atoms with Gasteiger partial charge in [-0.15, -0.1) is 0 Å². The van der Waals surface area contributed by atoms with E-state index in [0.29, 0.717) is 38.6 Å². The standard InChI is InChI=1S/C16H30N2O8/c17-16(24)25-8-3-1-2-6-12(20)18-7-4-5-10-13(21)15(23)14(22)11(9-19)26-10/h10-11,13-15,19,21-23H,1-9H2,(H2,17,24)(H,18,20)/t10-,11-,13-,14-,15-/m1/s1. The number of carbonyl (C=O) groups excluding carboxylic acids is 2. The van der Waals surface area contributed by atoms with Gasteiger partial charge in [0.2, 0.25) is 5.91 Å². The van der Waals surface area contributed by atoms with Gasteiger partial charge in [-0.05, 0) is 32.1 Å². The highest BCUT2D eigenvalue weighted by atomic mass is 16.5. The van der Waals surface area contributed by atoms with Crippen LogP contribution in [0.2, 0.25) is 0 Å². The molecule has 1 saturated heterocycles. The molecule has 0 aromatic heterocycles. The molecule has 0 unspecified atom stereocenters. The van der Waals surface area contributed by atoms with Gasteiger partial charge in [0.05, 0.1) is 19.3 Å². The minimum atomic E-state index is -1.38. The predicted octanol–water partition coefficient (Wildman–Crippen LogP) is -1.62. The molecule has 0 saturated carbocycles. The number of ether oxygens (including phenoxy) is 2. The van der Waals surface area contributed by atoms with E-state index in [1.54, 1.807) is 0 Å². The summed E-state index contributed by atoms with van der Waals surface area (Å²) in [5.74, 6) is -0.102. The van der Waals surface area contributed by atoms with Gasteiger partial charge in [-0.2, -0.15) is 0 Å². The van der Waals surface area contributed by atoms with Gasteiger partial charge >= 0.3 is 6.09 Å². The molecule has 10 nitrogen and oxygen atoms in total. The molecule has 5 atom stereocenters. The summed E-state index contributed by atoms with van der Waals surface area (Å²) in [5, 5.41) is 41.2. The van der Waals surface area contributed by atoms with E-state index in [1.165, 1.54) is 0 Å². The summed E-state index contributed by atoms with van der Waals surface area (Å²) in [7, 11) is 0. The molecule has 0 spiro atoms. The first kappa shape index (κ1) is 22.6. The van der Waals surface area contributed by atoms with Gasteiger partial charge in [0, 0.05) is 13.0 Å². The molecule has 26 heavy (non-hydrogen) atoms. The monoisotopic (exact) mass is 378 g/mol. The third kappa shape index (κ3) is 7.83. The van der Waals surface area contributed by atoms with Crippen molar-refractivity contribution in [1.82, 2.24) is 5.32 Å². The Labute approximate surface area is 152 Å². The number of hydrogen-bond donors (Lipinski definition) is 6. The number of carbonyl (C=O) groups is 2. The van der Waals surface area contributed by atoms with Crippen molar-refractivity contribution >= 4 is 12.0 Å². The number of unbranched alkanes of at least 4 members (excludes halogenated alkanes) is 2. The van der Waals surface area contributed by atoms with E-state index in [2.05, 4.69) is 10.1 Å². The number of aliphatic hydroxyl groups is 4. The van der Waals surface area contributed by atoms with Crippen LogP contribution in [0.1, 0.15) is 38.5 Å². The van der Waals surface area contributed by atoms with Crippen LogP contribution in [-0.4, -0.2) is 82.7 Å². The Bertz CT molecular complexity index is 434. The highest BCUT2D eigenvalue weighted by molar-refractivity contribution is 5.75. The van der Waals surface area contributed by atoms with Gasteiger partial charge in [0.25, 0.3) is 0 Å². The minimum Gasteiger partial charge on any atom is -0.450 e. The third-order valence-electron chi connectivity index (χ3n) is 4.27. The maximum atomic E-state index is 11.7. The highest BCUT2D eigenvalue weighted by Gasteiger charge is 2.42. The third-order valence-corrected chi connectivity index (χ3v) is 4.27. The summed E-state index contributed by atoms with van der Waals surface area (Å²) in [6.45, 7) is 0.178. The lowest BCUT2D eigenvalue weighted by molar-refractivity contribution is -0.230. The van der Waals surface area contributed by atoms with Gasteiger partial charge in [-0.3, -0.25) is 4.79 Å². The molecule has 0 aliphatic carbocycles. The summed E-state index contributed by atoms with van der Waals surface area (Å²) in [6.07, 6.45) is -3.12. The van der Waals surface area contributed by atoms with Crippen LogP contribution in [0, 0.1) is 0 Å². The summed E-state index contributed by atoms with van der Waals surface area (Å²) in [5.41, 5.74) is 4.83. The van der Waals surface area contributed by atoms with E-state index in [0.717, 1.165) is 6.42 Å². The topological polar surface area (TPSA) is 172 Å². The second kappa shape index (κ2) is 12.0. The minimum absolute atomic E-state index is 0.102. The molecule has 0 radical (unpaired) electrons. The normalized spacial score (nSPS) is 28.5. The van der Waals surface area contributed by atoms with Gasteiger partial charge in [-0.25, -0.2) is 4.79 Å². The summed E-state index contributed by atoms with van der Waals surface area (Å²) in [4.78, 5) is 22.1. The smallest absolute Gasteiger partial charge is 0.404 e. The van der Waals surface area contributed by atoms with E-state index in [4.69, 9.17) is 15.6 Å². The van der Waals surface area contributed by atoms with Crippen molar-refractivity contribution in [2.75, 3.05) is 19.8 Å². The Morgan fingerprint density at radius 1 is 1.00 bits per heavy atom. The molecule has 0 aromatic rings. The largest absolute Gasteiger partial charge is 0.450 e. The van der Waals surface area contributed by atoms with Gasteiger partial charge in [0.15, 0.2) is 0 Å². The first-order chi connectivity index (χ1) is 12.4. The Morgan fingerprint density at radius 3 is 2.35 bits per heavy atom. The fourth-order valence-electron chi connectivity index (χ4n) is 2.77. The second-order valence-electron chi connectivity index (χ2n) is 6.34. The lowest BCUT2D eigenvalue weighted by atomic mass is 9.93. The average molecular weight is 378 g/mol. The van der Waals surface area contributed by atoms with Crippen molar-refractivity contribution in [3.63, 3.8) is 0 Å². The fraction of sp³-hybridized carbons (Fsp3) is 0.875. The molecule has 7 N–H and O–H groups in total. The zero-order chi connectivity index (χ0) is 19.5. The van der Waals surface area contributed by atoms with Crippen molar-refractivity contribution in [1.29, 1.82) is 0 Å². The van der Waals surface area contributed by atoms with Crippen LogP contribution in [-0.2, 0) is 14.3 Å². The number of nitrogens with two attached hydrogens (primary N) is 1. The SMILES string of the molecule is NC(=O)OCCCCCC(=O)NCCC[C@H]1O[C@H](CO)[C@@H](O)[C@H](O)[C@@H]1O. The predicted molar refractivity (Wildman–Crippen MR) is 90.0 cm³/mol. The van der Waals surface area contributed by atoms with Crippen LogP contribution in [0.25, 0.3) is 0 Å². The second-order valence-corrected chi connectivity index (χ2v) is 6.34. The summed E-state index contributed by atoms with van der Waals surface area (Å²) < 4.78 is 9.97. The summed E-state index contributed by atoms with van der Waals surface area (Å²) in [6, 6.07) is 0. The first-order valence-corrected chi connectivity index (χ1v) is 8.86. The molecule has 1 aliphatic heterocycles. The number of amides is 2. The van der Waals surface area contributed by atoms with E-state index in [-0.39, 0.29) is 12.5 Å². The molecule has 1 rings (SSSR count). The maximum absolute atomic E-state index is 11.7. The van der Waals surface area contributed by atoms with Crippen molar-refractivity contribution in [3.05, 3.63) is 0 Å². The Hall–Kier alpha value is -1.46. The Balaban J connectivity index is 2.11. The van der Waals surface area contributed by atoms with E-state index in [1.807, 2.05) is 0 Å². The number of nitrogens with one attached hydrogen (secondary N) is 1. The zero-order valence-electron chi connectivity index (χ0n) is 14.7. The van der Waals surface area contributed by atoms with Crippen molar-refractivity contribution in [3.8, 4) is 0 Å². The first-order valence-electron chi connectivity index (χ1n) is 8.86. The highest BCUT2D eigenvalue weighted by Crippen LogP contribution is 2.23. The molecular formula is C16H30N2O8. The fourth-order valence-corrected chi connectivity index (χ4v) is 2.77. The molecule has 0 bridgehead atoms. The van der Waals surface area contributed by atoms with Crippen molar-refractivity contribution < 1.29 is 39.5 Å². The molecule has 2 amide bonds. The molecule has 152 valence electrons. The van der Waals surface area contributed by atoms with Gasteiger partial charge < -0.3 is 41.0 Å². The lowest BCUT2D eigenvalue weighted by Crippen LogP contribution is -2.58. The quantitative estimate of drug-likeness (QED) is 0.233. The van der Waals surface area contributed by atoms with E-state index >= 15 is 0 Å². The molecule has 10 heteroatoms. The zero-order valence-corrected chi connectivity index (χ0v) is 14.7. The van der Waals surface area contributed by atoms with Crippen LogP contribution in [0.5, 0.6) is 0 Å². The number of aliphatic hydroxyl groups excluding tert-OH is 4. The van der Waals surface area contributed by atoms with Gasteiger partial charge in [0.1, 0.15) is 24.4 Å². The number of primary amides is 1. The number of hydrogen-bond acceptors (Lipinski definition) is 8.